The third-order valence-electron chi connectivity index (χ3n) is 4.41. The number of nitrogens with zero attached hydrogens (tertiary/aromatic N) is 2. The molecule has 0 bridgehead atoms. The summed E-state index contributed by atoms with van der Waals surface area (Å²) in [6.45, 7) is 0. The number of hydrogen-bond acceptors (Lipinski definition) is 5. The van der Waals surface area contributed by atoms with Gasteiger partial charge in [-0.2, -0.15) is 0 Å². The van der Waals surface area contributed by atoms with Crippen molar-refractivity contribution in [2.75, 3.05) is 17.8 Å². The average molecular weight is 341 g/mol. The van der Waals surface area contributed by atoms with Crippen molar-refractivity contribution >= 4 is 22.4 Å². The zero-order chi connectivity index (χ0) is 17.9. The first-order valence-corrected chi connectivity index (χ1v) is 8.40. The number of pyridine rings is 2. The van der Waals surface area contributed by atoms with Gasteiger partial charge in [-0.05, 0) is 29.8 Å². The molecule has 4 N–H and O–H groups in total. The third kappa shape index (κ3) is 2.85. The number of aromatic nitrogens is 2. The molecule has 0 radical (unpaired) electrons. The topological polar surface area (TPSA) is 75.9 Å². The van der Waals surface area contributed by atoms with Gasteiger partial charge in [0.05, 0.1) is 11.2 Å². The second-order valence-electron chi connectivity index (χ2n) is 5.95. The lowest BCUT2D eigenvalue weighted by atomic mass is 9.97. The maximum Gasteiger partial charge on any atom is 0.149 e. The van der Waals surface area contributed by atoms with Gasteiger partial charge < -0.3 is 10.7 Å². The molecule has 0 saturated heterocycles. The molecular weight excluding hydrogens is 322 g/mol. The van der Waals surface area contributed by atoms with Gasteiger partial charge in [0.2, 0.25) is 0 Å². The molecule has 0 saturated carbocycles. The van der Waals surface area contributed by atoms with Crippen molar-refractivity contribution < 1.29 is 0 Å². The van der Waals surface area contributed by atoms with Crippen LogP contribution in [0, 0.1) is 0 Å². The number of benzene rings is 2. The van der Waals surface area contributed by atoms with Gasteiger partial charge in [0.15, 0.2) is 0 Å². The lowest BCUT2D eigenvalue weighted by Gasteiger charge is -2.13. The minimum Gasteiger partial charge on any atom is -0.388 e. The summed E-state index contributed by atoms with van der Waals surface area (Å²) in [5.41, 5.74) is 8.71. The van der Waals surface area contributed by atoms with Crippen molar-refractivity contribution in [3.63, 3.8) is 0 Å². The summed E-state index contributed by atoms with van der Waals surface area (Å²) < 4.78 is 0. The maximum absolute atomic E-state index is 5.64. The lowest BCUT2D eigenvalue weighted by Crippen LogP contribution is -2.09. The first-order chi connectivity index (χ1) is 12.8. The Balaban J connectivity index is 2.00. The number of anilines is 2. The van der Waals surface area contributed by atoms with Crippen LogP contribution in [0.1, 0.15) is 0 Å². The molecule has 0 spiro atoms. The fraction of sp³-hybridized carbons (Fsp3) is 0.0476. The van der Waals surface area contributed by atoms with Gasteiger partial charge in [-0.1, -0.05) is 42.5 Å². The summed E-state index contributed by atoms with van der Waals surface area (Å²) in [5, 5.41) is 4.04. The van der Waals surface area contributed by atoms with Gasteiger partial charge in [-0.3, -0.25) is 0 Å². The van der Waals surface area contributed by atoms with Gasteiger partial charge in [0, 0.05) is 35.4 Å². The van der Waals surface area contributed by atoms with Crippen LogP contribution in [0.4, 0.5) is 11.5 Å². The minimum atomic E-state index is 0.615. The molecule has 2 aromatic carbocycles. The first kappa shape index (κ1) is 16.1. The van der Waals surface area contributed by atoms with Gasteiger partial charge in [-0.15, -0.1) is 0 Å². The molecule has 0 amide bonds. The largest absolute Gasteiger partial charge is 0.388 e. The van der Waals surface area contributed by atoms with Crippen molar-refractivity contribution in [2.24, 2.45) is 5.84 Å². The summed E-state index contributed by atoms with van der Waals surface area (Å²) in [4.78, 5) is 9.23. The second kappa shape index (κ2) is 6.82. The fourth-order valence-corrected chi connectivity index (χ4v) is 3.06. The van der Waals surface area contributed by atoms with Gasteiger partial charge in [0.25, 0.3) is 0 Å². The number of nitrogens with one attached hydrogen (secondary N) is 2. The molecular formula is C21H19N5. The first-order valence-electron chi connectivity index (χ1n) is 8.40. The molecule has 0 atom stereocenters. The Bertz CT molecular complexity index is 1040. The molecule has 0 aliphatic heterocycles. The molecule has 2 aromatic heterocycles. The van der Waals surface area contributed by atoms with Crippen LogP contribution in [0.15, 0.2) is 72.9 Å². The number of fused-ring (bicyclic) bond motifs is 1. The highest BCUT2D eigenvalue weighted by Gasteiger charge is 2.13. The molecule has 5 nitrogen and oxygen atoms in total. The maximum atomic E-state index is 5.64. The van der Waals surface area contributed by atoms with E-state index in [9.17, 15) is 0 Å². The number of nitrogen functional groups attached to an aromatic ring is 1. The summed E-state index contributed by atoms with van der Waals surface area (Å²) >= 11 is 0. The number of hydrazine groups is 1. The zero-order valence-corrected chi connectivity index (χ0v) is 14.4. The van der Waals surface area contributed by atoms with E-state index in [1.165, 1.54) is 0 Å². The minimum absolute atomic E-state index is 0.615. The highest BCUT2D eigenvalue weighted by atomic mass is 15.2. The van der Waals surface area contributed by atoms with Crippen molar-refractivity contribution in [3.05, 3.63) is 72.9 Å². The Labute approximate surface area is 151 Å². The van der Waals surface area contributed by atoms with Crippen LogP contribution in [0.2, 0.25) is 0 Å². The van der Waals surface area contributed by atoms with Crippen LogP contribution in [0.25, 0.3) is 33.3 Å². The van der Waals surface area contributed by atoms with Crippen molar-refractivity contribution in [2.45, 2.75) is 0 Å². The molecule has 2 heterocycles. The Morgan fingerprint density at radius 2 is 1.65 bits per heavy atom. The Kier molecular flexibility index (Phi) is 4.21. The van der Waals surface area contributed by atoms with Crippen LogP contribution in [-0.2, 0) is 0 Å². The zero-order valence-electron chi connectivity index (χ0n) is 14.4. The van der Waals surface area contributed by atoms with E-state index >= 15 is 0 Å². The molecule has 0 fully saturated rings. The molecule has 0 aliphatic rings. The summed E-state index contributed by atoms with van der Waals surface area (Å²) in [6.07, 6.45) is 1.71. The highest BCUT2D eigenvalue weighted by Crippen LogP contribution is 2.35. The molecule has 0 aliphatic carbocycles. The lowest BCUT2D eigenvalue weighted by molar-refractivity contribution is 1.24. The van der Waals surface area contributed by atoms with Crippen LogP contribution in [0.3, 0.4) is 0 Å². The van der Waals surface area contributed by atoms with Gasteiger partial charge >= 0.3 is 0 Å². The van der Waals surface area contributed by atoms with Crippen LogP contribution < -0.4 is 16.6 Å². The van der Waals surface area contributed by atoms with Crippen LogP contribution >= 0.6 is 0 Å². The summed E-state index contributed by atoms with van der Waals surface area (Å²) in [7, 11) is 1.91. The van der Waals surface area contributed by atoms with E-state index in [-0.39, 0.29) is 0 Å². The SMILES string of the molecule is CNc1ccc(-c2nc3ccnc(NN)c3cc2-c2ccccc2)cc1. The fourth-order valence-electron chi connectivity index (χ4n) is 3.06. The van der Waals surface area contributed by atoms with E-state index in [4.69, 9.17) is 10.8 Å². The molecule has 4 rings (SSSR count). The second-order valence-corrected chi connectivity index (χ2v) is 5.95. The Morgan fingerprint density at radius 1 is 0.885 bits per heavy atom. The number of hydrogen-bond donors (Lipinski definition) is 3. The third-order valence-corrected chi connectivity index (χ3v) is 4.41. The highest BCUT2D eigenvalue weighted by molar-refractivity contribution is 5.96. The number of rotatable bonds is 4. The molecule has 128 valence electrons. The summed E-state index contributed by atoms with van der Waals surface area (Å²) in [6, 6.07) is 22.5. The van der Waals surface area contributed by atoms with E-state index in [0.29, 0.717) is 5.82 Å². The average Bonchev–Trinajstić information content (AvgIpc) is 2.73. The Hall–Kier alpha value is -3.44. The quantitative estimate of drug-likeness (QED) is 0.381. The van der Waals surface area contributed by atoms with Crippen molar-refractivity contribution in [3.8, 4) is 22.4 Å². The Morgan fingerprint density at radius 3 is 2.35 bits per heavy atom. The van der Waals surface area contributed by atoms with Crippen LogP contribution in [-0.4, -0.2) is 17.0 Å². The van der Waals surface area contributed by atoms with E-state index in [1.54, 1.807) is 6.20 Å². The normalized spacial score (nSPS) is 10.7. The molecule has 26 heavy (non-hydrogen) atoms. The standard InChI is InChI=1S/C21H19N5/c1-23-16-9-7-15(8-10-16)20-17(14-5-3-2-4-6-14)13-18-19(25-20)11-12-24-21(18)26-22/h2-13,23H,22H2,1H3,(H,24,26). The molecule has 4 aromatic rings. The predicted molar refractivity (Wildman–Crippen MR) is 108 cm³/mol. The molecule has 5 heteroatoms. The van der Waals surface area contributed by atoms with E-state index < -0.39 is 0 Å². The molecule has 0 unspecified atom stereocenters. The smallest absolute Gasteiger partial charge is 0.149 e. The van der Waals surface area contributed by atoms with Gasteiger partial charge in [-0.25, -0.2) is 15.8 Å². The van der Waals surface area contributed by atoms with Gasteiger partial charge in [0.1, 0.15) is 5.82 Å². The van der Waals surface area contributed by atoms with E-state index in [0.717, 1.165) is 39.0 Å². The predicted octanol–water partition coefficient (Wildman–Crippen LogP) is 4.29. The van der Waals surface area contributed by atoms with E-state index in [1.807, 2.05) is 31.3 Å². The monoisotopic (exact) mass is 341 g/mol. The van der Waals surface area contributed by atoms with Crippen molar-refractivity contribution in [1.82, 2.24) is 9.97 Å². The number of nitrogens with two attached hydrogens (primary N) is 1. The van der Waals surface area contributed by atoms with E-state index in [2.05, 4.69) is 58.2 Å². The van der Waals surface area contributed by atoms with Crippen LogP contribution in [0.5, 0.6) is 0 Å². The van der Waals surface area contributed by atoms with Crippen molar-refractivity contribution in [1.29, 1.82) is 0 Å². The summed E-state index contributed by atoms with van der Waals surface area (Å²) in [5.74, 6) is 6.25.